The second-order valence-electron chi connectivity index (χ2n) is 4.17. The lowest BCUT2D eigenvalue weighted by atomic mass is 10.2. The Bertz CT molecular complexity index is 745. The van der Waals surface area contributed by atoms with Crippen molar-refractivity contribution in [2.45, 2.75) is 24.3 Å². The number of nitrogens with zero attached hydrogens (tertiary/aromatic N) is 2. The summed E-state index contributed by atoms with van der Waals surface area (Å²) in [4.78, 5) is 33.5. The Kier molecular flexibility index (Phi) is 4.50. The highest BCUT2D eigenvalue weighted by Crippen LogP contribution is 2.03. The molecular formula is C10H15N3O6S. The van der Waals surface area contributed by atoms with Crippen LogP contribution in [0.2, 0.25) is 0 Å². The molecule has 10 heteroatoms. The predicted molar refractivity (Wildman–Crippen MR) is 69.0 cm³/mol. The van der Waals surface area contributed by atoms with Gasteiger partial charge >= 0.3 is 11.7 Å². The molecule has 0 fully saturated rings. The first kappa shape index (κ1) is 16.1. The van der Waals surface area contributed by atoms with Gasteiger partial charge < -0.3 is 9.67 Å². The molecule has 1 aromatic rings. The maximum absolute atomic E-state index is 12.0. The van der Waals surface area contributed by atoms with E-state index in [4.69, 9.17) is 5.11 Å². The number of rotatable bonds is 5. The highest BCUT2D eigenvalue weighted by atomic mass is 32.2. The van der Waals surface area contributed by atoms with Gasteiger partial charge in [0, 0.05) is 20.3 Å². The molecule has 0 unspecified atom stereocenters. The molecule has 0 aliphatic rings. The van der Waals surface area contributed by atoms with Crippen LogP contribution in [0.1, 0.15) is 13.3 Å². The summed E-state index contributed by atoms with van der Waals surface area (Å²) in [6.07, 6.45) is 0.877. The van der Waals surface area contributed by atoms with Gasteiger partial charge in [-0.05, 0) is 6.42 Å². The number of hydrogen-bond acceptors (Lipinski definition) is 5. The number of aryl methyl sites for hydroxylation is 1. The van der Waals surface area contributed by atoms with Gasteiger partial charge in [-0.1, -0.05) is 6.92 Å². The molecule has 1 atom stereocenters. The third-order valence-electron chi connectivity index (χ3n) is 2.71. The lowest BCUT2D eigenvalue weighted by Gasteiger charge is -2.13. The van der Waals surface area contributed by atoms with Crippen molar-refractivity contribution in [2.75, 3.05) is 0 Å². The van der Waals surface area contributed by atoms with E-state index in [2.05, 4.69) is 0 Å². The molecule has 20 heavy (non-hydrogen) atoms. The van der Waals surface area contributed by atoms with E-state index in [1.807, 2.05) is 4.72 Å². The van der Waals surface area contributed by atoms with E-state index in [0.29, 0.717) is 4.57 Å². The number of aromatic nitrogens is 2. The van der Waals surface area contributed by atoms with Crippen molar-refractivity contribution in [1.82, 2.24) is 13.9 Å². The van der Waals surface area contributed by atoms with Crippen LogP contribution < -0.4 is 16.0 Å². The van der Waals surface area contributed by atoms with E-state index in [9.17, 15) is 22.8 Å². The minimum Gasteiger partial charge on any atom is -0.480 e. The molecule has 2 N–H and O–H groups in total. The van der Waals surface area contributed by atoms with E-state index < -0.39 is 38.2 Å². The third kappa shape index (κ3) is 2.96. The summed E-state index contributed by atoms with van der Waals surface area (Å²) in [7, 11) is -1.91. The number of carboxylic acids is 1. The Hall–Kier alpha value is -1.94. The summed E-state index contributed by atoms with van der Waals surface area (Å²) in [6, 6.07) is -1.35. The van der Waals surface area contributed by atoms with E-state index in [0.717, 1.165) is 17.8 Å². The SMILES string of the molecule is CC[C@H](NS(=O)(=O)c1cn(C)c(=O)n(C)c1=O)C(=O)O. The van der Waals surface area contributed by atoms with Crippen LogP contribution >= 0.6 is 0 Å². The van der Waals surface area contributed by atoms with Gasteiger partial charge in [0.2, 0.25) is 10.0 Å². The Labute approximate surface area is 114 Å². The molecular weight excluding hydrogens is 290 g/mol. The van der Waals surface area contributed by atoms with Gasteiger partial charge in [0.05, 0.1) is 0 Å². The highest BCUT2D eigenvalue weighted by molar-refractivity contribution is 7.89. The molecule has 0 amide bonds. The average molecular weight is 305 g/mol. The van der Waals surface area contributed by atoms with Gasteiger partial charge in [-0.3, -0.25) is 14.2 Å². The standard InChI is InChI=1S/C10H15N3O6S/c1-4-6(9(15)16)11-20(18,19)7-5-12(2)10(17)13(3)8(7)14/h5-6,11H,4H2,1-3H3,(H,15,16)/t6-/m0/s1. The van der Waals surface area contributed by atoms with Crippen molar-refractivity contribution in [1.29, 1.82) is 0 Å². The summed E-state index contributed by atoms with van der Waals surface area (Å²) in [5.74, 6) is -1.35. The summed E-state index contributed by atoms with van der Waals surface area (Å²) in [5.41, 5.74) is -1.69. The van der Waals surface area contributed by atoms with Crippen LogP contribution in [-0.4, -0.2) is 34.7 Å². The number of sulfonamides is 1. The largest absolute Gasteiger partial charge is 0.480 e. The molecule has 112 valence electrons. The van der Waals surface area contributed by atoms with Crippen LogP contribution in [0.25, 0.3) is 0 Å². The molecule has 0 aromatic carbocycles. The van der Waals surface area contributed by atoms with Crippen molar-refractivity contribution in [2.24, 2.45) is 14.1 Å². The van der Waals surface area contributed by atoms with E-state index in [1.165, 1.54) is 14.0 Å². The number of carboxylic acid groups (broad SMARTS) is 1. The smallest absolute Gasteiger partial charge is 0.330 e. The van der Waals surface area contributed by atoms with Gasteiger partial charge in [0.25, 0.3) is 5.56 Å². The Morgan fingerprint density at radius 2 is 1.95 bits per heavy atom. The molecule has 0 saturated heterocycles. The second-order valence-corrected chi connectivity index (χ2v) is 5.85. The van der Waals surface area contributed by atoms with E-state index >= 15 is 0 Å². The first-order valence-electron chi connectivity index (χ1n) is 5.63. The molecule has 1 heterocycles. The van der Waals surface area contributed by atoms with Crippen LogP contribution in [0, 0.1) is 0 Å². The van der Waals surface area contributed by atoms with Crippen LogP contribution in [0.15, 0.2) is 20.7 Å². The summed E-state index contributed by atoms with van der Waals surface area (Å²) in [5, 5.41) is 8.84. The maximum atomic E-state index is 12.0. The molecule has 0 aliphatic carbocycles. The Morgan fingerprint density at radius 3 is 2.40 bits per heavy atom. The van der Waals surface area contributed by atoms with Gasteiger partial charge in [-0.25, -0.2) is 13.2 Å². The van der Waals surface area contributed by atoms with E-state index in [1.54, 1.807) is 0 Å². The molecule has 0 spiro atoms. The van der Waals surface area contributed by atoms with Crippen molar-refractivity contribution >= 4 is 16.0 Å². The summed E-state index contributed by atoms with van der Waals surface area (Å²) in [6.45, 7) is 1.49. The summed E-state index contributed by atoms with van der Waals surface area (Å²) >= 11 is 0. The highest BCUT2D eigenvalue weighted by Gasteiger charge is 2.27. The maximum Gasteiger partial charge on any atom is 0.330 e. The summed E-state index contributed by atoms with van der Waals surface area (Å²) < 4.78 is 27.6. The number of hydrogen-bond donors (Lipinski definition) is 2. The first-order valence-corrected chi connectivity index (χ1v) is 7.12. The first-order chi connectivity index (χ1) is 9.11. The average Bonchev–Trinajstić information content (AvgIpc) is 2.37. The monoisotopic (exact) mass is 305 g/mol. The predicted octanol–water partition coefficient (Wildman–Crippen LogP) is -1.77. The number of nitrogens with one attached hydrogen (secondary N) is 1. The Morgan fingerprint density at radius 1 is 1.40 bits per heavy atom. The molecule has 1 rings (SSSR count). The normalized spacial score (nSPS) is 13.2. The zero-order chi connectivity index (χ0) is 15.7. The lowest BCUT2D eigenvalue weighted by molar-refractivity contribution is -0.139. The molecule has 9 nitrogen and oxygen atoms in total. The van der Waals surface area contributed by atoms with Crippen molar-refractivity contribution in [3.8, 4) is 0 Å². The molecule has 0 aliphatic heterocycles. The van der Waals surface area contributed by atoms with Crippen molar-refractivity contribution in [3.05, 3.63) is 27.0 Å². The minimum absolute atomic E-state index is 0.0145. The molecule has 1 aromatic heterocycles. The lowest BCUT2D eigenvalue weighted by Crippen LogP contribution is -2.45. The second kappa shape index (κ2) is 5.59. The van der Waals surface area contributed by atoms with Gasteiger partial charge in [0.1, 0.15) is 6.04 Å². The third-order valence-corrected chi connectivity index (χ3v) is 4.16. The fraction of sp³-hybridized carbons (Fsp3) is 0.500. The van der Waals surface area contributed by atoms with Gasteiger partial charge in [-0.15, -0.1) is 0 Å². The van der Waals surface area contributed by atoms with Gasteiger partial charge in [-0.2, -0.15) is 4.72 Å². The zero-order valence-electron chi connectivity index (χ0n) is 11.2. The fourth-order valence-corrected chi connectivity index (χ4v) is 2.95. The Balaban J connectivity index is 3.41. The fourth-order valence-electron chi connectivity index (χ4n) is 1.52. The molecule has 0 bridgehead atoms. The number of carbonyl (C=O) groups is 1. The van der Waals surface area contributed by atoms with Crippen molar-refractivity contribution < 1.29 is 18.3 Å². The molecule has 0 radical (unpaired) electrons. The topological polar surface area (TPSA) is 127 Å². The van der Waals surface area contributed by atoms with Crippen molar-refractivity contribution in [3.63, 3.8) is 0 Å². The minimum atomic E-state index is -4.33. The van der Waals surface area contributed by atoms with Crippen LogP contribution in [-0.2, 0) is 28.9 Å². The quantitative estimate of drug-likeness (QED) is 0.662. The number of aliphatic carboxylic acids is 1. The van der Waals surface area contributed by atoms with Crippen LogP contribution in [0.5, 0.6) is 0 Å². The zero-order valence-corrected chi connectivity index (χ0v) is 12.0. The van der Waals surface area contributed by atoms with Gasteiger partial charge in [0.15, 0.2) is 4.90 Å². The van der Waals surface area contributed by atoms with E-state index in [-0.39, 0.29) is 6.42 Å². The molecule has 0 saturated carbocycles. The van der Waals surface area contributed by atoms with Crippen LogP contribution in [0.3, 0.4) is 0 Å². The van der Waals surface area contributed by atoms with Crippen LogP contribution in [0.4, 0.5) is 0 Å².